The summed E-state index contributed by atoms with van der Waals surface area (Å²) in [6, 6.07) is 17.6. The molecule has 1 amide bonds. The zero-order valence-corrected chi connectivity index (χ0v) is 12.4. The summed E-state index contributed by atoms with van der Waals surface area (Å²) in [6.07, 6.45) is 0. The predicted molar refractivity (Wildman–Crippen MR) is 87.4 cm³/mol. The normalized spacial score (nSPS) is 10.0. The van der Waals surface area contributed by atoms with Crippen LogP contribution in [0.3, 0.4) is 0 Å². The highest BCUT2D eigenvalue weighted by molar-refractivity contribution is 5.92. The molecule has 2 aromatic carbocycles. The van der Waals surface area contributed by atoms with Gasteiger partial charge in [0.2, 0.25) is 0 Å². The van der Waals surface area contributed by atoms with Crippen molar-refractivity contribution in [3.63, 3.8) is 0 Å². The Labute approximate surface area is 133 Å². The molecule has 0 unspecified atom stereocenters. The predicted octanol–water partition coefficient (Wildman–Crippen LogP) is 4.01. The van der Waals surface area contributed by atoms with Gasteiger partial charge >= 0.3 is 0 Å². The Balaban J connectivity index is 0.00000176. The molecule has 0 spiro atoms. The summed E-state index contributed by atoms with van der Waals surface area (Å²) in [5.74, 6) is -0.732. The molecule has 0 saturated carbocycles. The van der Waals surface area contributed by atoms with Gasteiger partial charge in [0, 0.05) is 5.69 Å². The molecule has 3 aromatic rings. The van der Waals surface area contributed by atoms with Crippen LogP contribution in [0.25, 0.3) is 22.4 Å². The summed E-state index contributed by atoms with van der Waals surface area (Å²) in [6.45, 7) is 0. The lowest BCUT2D eigenvalue weighted by Crippen LogP contribution is -2.10. The van der Waals surface area contributed by atoms with Crippen LogP contribution in [-0.2, 0) is 0 Å². The number of aromatic nitrogens is 1. The Kier molecular flexibility index (Phi) is 4.63. The van der Waals surface area contributed by atoms with E-state index in [1.54, 1.807) is 18.2 Å². The molecule has 5 heteroatoms. The number of primary amides is 1. The molecule has 3 nitrogen and oxygen atoms in total. The molecule has 0 saturated heterocycles. The third-order valence-electron chi connectivity index (χ3n) is 3.32. The minimum Gasteiger partial charge on any atom is -0.364 e. The number of carbonyl (C=O) groups is 1. The molecule has 1 aromatic heterocycles. The van der Waals surface area contributed by atoms with Crippen LogP contribution in [0.5, 0.6) is 0 Å². The summed E-state index contributed by atoms with van der Waals surface area (Å²) in [5.41, 5.74) is 9.33. The lowest BCUT2D eigenvalue weighted by Gasteiger charge is -2.03. The molecule has 3 rings (SSSR count). The Morgan fingerprint density at radius 1 is 0.818 bits per heavy atom. The molecule has 22 heavy (non-hydrogen) atoms. The Morgan fingerprint density at radius 3 is 1.82 bits per heavy atom. The Hall–Kier alpha value is -2.59. The summed E-state index contributed by atoms with van der Waals surface area (Å²) < 4.78 is 12.9. The van der Waals surface area contributed by atoms with Crippen molar-refractivity contribution < 1.29 is 9.18 Å². The number of hydrogen-bond acceptors (Lipinski definition) is 1. The average molecular weight is 317 g/mol. The van der Waals surface area contributed by atoms with Gasteiger partial charge in [-0.15, -0.1) is 12.4 Å². The molecule has 0 aliphatic carbocycles. The van der Waals surface area contributed by atoms with Crippen molar-refractivity contribution in [1.29, 1.82) is 0 Å². The minimum absolute atomic E-state index is 0. The average Bonchev–Trinajstić information content (AvgIpc) is 2.98. The van der Waals surface area contributed by atoms with Crippen LogP contribution in [-0.4, -0.2) is 10.9 Å². The molecule has 0 aliphatic rings. The van der Waals surface area contributed by atoms with Gasteiger partial charge in [-0.3, -0.25) is 4.79 Å². The quantitative estimate of drug-likeness (QED) is 0.753. The lowest BCUT2D eigenvalue weighted by atomic mass is 10.0. The summed E-state index contributed by atoms with van der Waals surface area (Å²) in [5, 5.41) is 0. The smallest absolute Gasteiger partial charge is 0.265 e. The summed E-state index contributed by atoms with van der Waals surface area (Å²) >= 11 is 0. The van der Waals surface area contributed by atoms with E-state index in [1.165, 1.54) is 12.1 Å². The second kappa shape index (κ2) is 6.45. The molecule has 0 bridgehead atoms. The van der Waals surface area contributed by atoms with Crippen LogP contribution in [0.4, 0.5) is 4.39 Å². The number of benzene rings is 2. The highest BCUT2D eigenvalue weighted by Crippen LogP contribution is 2.24. The van der Waals surface area contributed by atoms with Crippen molar-refractivity contribution in [2.24, 2.45) is 5.73 Å². The number of nitrogens with one attached hydrogen (secondary N) is 1. The van der Waals surface area contributed by atoms with E-state index in [4.69, 9.17) is 5.73 Å². The van der Waals surface area contributed by atoms with Crippen LogP contribution in [0.1, 0.15) is 10.5 Å². The van der Waals surface area contributed by atoms with Crippen molar-refractivity contribution in [1.82, 2.24) is 4.98 Å². The van der Waals surface area contributed by atoms with E-state index in [0.717, 1.165) is 22.4 Å². The molecular formula is C17H14ClFN2O. The Morgan fingerprint density at radius 2 is 1.32 bits per heavy atom. The molecule has 0 atom stereocenters. The number of rotatable bonds is 3. The largest absolute Gasteiger partial charge is 0.364 e. The van der Waals surface area contributed by atoms with Gasteiger partial charge in [0.15, 0.2) is 0 Å². The van der Waals surface area contributed by atoms with E-state index in [2.05, 4.69) is 4.98 Å². The van der Waals surface area contributed by atoms with Gasteiger partial charge in [0.25, 0.3) is 5.91 Å². The van der Waals surface area contributed by atoms with E-state index in [9.17, 15) is 9.18 Å². The SMILES string of the molecule is Cl.NC(=O)c1ccc(-c2ccc(-c3ccc(F)cc3)cc2)[nH]1. The molecule has 0 aliphatic heterocycles. The topological polar surface area (TPSA) is 58.9 Å². The van der Waals surface area contributed by atoms with Crippen molar-refractivity contribution in [3.05, 3.63) is 72.2 Å². The molecule has 1 heterocycles. The number of halogens is 2. The van der Waals surface area contributed by atoms with Crippen molar-refractivity contribution in [3.8, 4) is 22.4 Å². The van der Waals surface area contributed by atoms with Crippen LogP contribution in [0.2, 0.25) is 0 Å². The first-order chi connectivity index (χ1) is 10.1. The fourth-order valence-corrected chi connectivity index (χ4v) is 2.19. The maximum Gasteiger partial charge on any atom is 0.265 e. The first-order valence-corrected chi connectivity index (χ1v) is 6.49. The molecule has 112 valence electrons. The lowest BCUT2D eigenvalue weighted by molar-refractivity contribution is 0.0996. The minimum atomic E-state index is -0.482. The van der Waals surface area contributed by atoms with Crippen molar-refractivity contribution in [2.45, 2.75) is 0 Å². The van der Waals surface area contributed by atoms with Gasteiger partial charge < -0.3 is 10.7 Å². The molecule has 0 fully saturated rings. The van der Waals surface area contributed by atoms with Gasteiger partial charge in [0.1, 0.15) is 11.5 Å². The van der Waals surface area contributed by atoms with E-state index < -0.39 is 5.91 Å². The van der Waals surface area contributed by atoms with Crippen LogP contribution in [0, 0.1) is 5.82 Å². The van der Waals surface area contributed by atoms with Gasteiger partial charge in [0.05, 0.1) is 0 Å². The fraction of sp³-hybridized carbons (Fsp3) is 0. The molecule has 3 N–H and O–H groups in total. The van der Waals surface area contributed by atoms with Crippen LogP contribution < -0.4 is 5.73 Å². The molecular weight excluding hydrogens is 303 g/mol. The summed E-state index contributed by atoms with van der Waals surface area (Å²) in [7, 11) is 0. The highest BCUT2D eigenvalue weighted by atomic mass is 35.5. The van der Waals surface area contributed by atoms with Crippen LogP contribution in [0.15, 0.2) is 60.7 Å². The number of H-pyrrole nitrogens is 1. The first kappa shape index (κ1) is 15.8. The summed E-state index contributed by atoms with van der Waals surface area (Å²) in [4.78, 5) is 14.0. The monoisotopic (exact) mass is 316 g/mol. The highest BCUT2D eigenvalue weighted by Gasteiger charge is 2.06. The third kappa shape index (κ3) is 3.18. The standard InChI is InChI=1S/C17H13FN2O.ClH/c18-14-7-5-12(6-8-14)11-1-3-13(4-2-11)15-9-10-16(20-15)17(19)21;/h1-10,20H,(H2,19,21);1H. The zero-order chi connectivity index (χ0) is 14.8. The number of nitrogens with two attached hydrogens (primary N) is 1. The van der Waals surface area contributed by atoms with Crippen molar-refractivity contribution in [2.75, 3.05) is 0 Å². The molecule has 0 radical (unpaired) electrons. The third-order valence-corrected chi connectivity index (χ3v) is 3.32. The second-order valence-corrected chi connectivity index (χ2v) is 4.73. The van der Waals surface area contributed by atoms with Crippen molar-refractivity contribution >= 4 is 18.3 Å². The maximum atomic E-state index is 12.9. The van der Waals surface area contributed by atoms with E-state index in [0.29, 0.717) is 5.69 Å². The second-order valence-electron chi connectivity index (χ2n) is 4.73. The van der Waals surface area contributed by atoms with E-state index >= 15 is 0 Å². The number of aromatic amines is 1. The first-order valence-electron chi connectivity index (χ1n) is 6.49. The Bertz CT molecular complexity index is 779. The van der Waals surface area contributed by atoms with Gasteiger partial charge in [-0.25, -0.2) is 4.39 Å². The number of amides is 1. The van der Waals surface area contributed by atoms with E-state index in [1.807, 2.05) is 30.3 Å². The van der Waals surface area contributed by atoms with Gasteiger partial charge in [-0.05, 0) is 41.0 Å². The van der Waals surface area contributed by atoms with Crippen LogP contribution >= 0.6 is 12.4 Å². The number of hydrogen-bond donors (Lipinski definition) is 2. The van der Waals surface area contributed by atoms with Gasteiger partial charge in [-0.2, -0.15) is 0 Å². The maximum absolute atomic E-state index is 12.9. The number of carbonyl (C=O) groups excluding carboxylic acids is 1. The zero-order valence-electron chi connectivity index (χ0n) is 11.5. The van der Waals surface area contributed by atoms with Gasteiger partial charge in [-0.1, -0.05) is 36.4 Å². The fourth-order valence-electron chi connectivity index (χ4n) is 2.19. The van der Waals surface area contributed by atoms with E-state index in [-0.39, 0.29) is 18.2 Å².